The Hall–Kier alpha value is -2.49. The predicted octanol–water partition coefficient (Wildman–Crippen LogP) is 3.89. The lowest BCUT2D eigenvalue weighted by Gasteiger charge is -2.39. The molecule has 0 saturated heterocycles. The molecule has 0 unspecified atom stereocenters. The molecule has 0 aliphatic carbocycles. The van der Waals surface area contributed by atoms with Crippen LogP contribution in [0.4, 0.5) is 5.69 Å². The van der Waals surface area contributed by atoms with Gasteiger partial charge in [0.2, 0.25) is 0 Å². The Labute approximate surface area is 143 Å². The molecule has 0 spiro atoms. The highest BCUT2D eigenvalue weighted by Gasteiger charge is 2.34. The number of nitrogens with zero attached hydrogens (tertiary/aromatic N) is 1. The summed E-state index contributed by atoms with van der Waals surface area (Å²) in [5.41, 5.74) is 2.58. The van der Waals surface area contributed by atoms with Crippen LogP contribution in [0, 0.1) is 13.8 Å². The molecular weight excluding hydrogens is 302 g/mol. The molecule has 4 nitrogen and oxygen atoms in total. The minimum Gasteiger partial charge on any atom is -0.484 e. The summed E-state index contributed by atoms with van der Waals surface area (Å²) in [7, 11) is 0. The number of ether oxygens (including phenoxy) is 2. The number of amides is 1. The fourth-order valence-corrected chi connectivity index (χ4v) is 2.88. The Morgan fingerprint density at radius 1 is 1.17 bits per heavy atom. The topological polar surface area (TPSA) is 38.8 Å². The number of rotatable bonds is 3. The van der Waals surface area contributed by atoms with E-state index in [0.717, 1.165) is 28.3 Å². The highest BCUT2D eigenvalue weighted by Crippen LogP contribution is 2.36. The van der Waals surface area contributed by atoms with Crippen molar-refractivity contribution >= 4 is 11.6 Å². The molecule has 0 radical (unpaired) electrons. The van der Waals surface area contributed by atoms with E-state index in [9.17, 15) is 4.79 Å². The third-order valence-electron chi connectivity index (χ3n) is 4.29. The molecule has 0 atom stereocenters. The number of aryl methyl sites for hydroxylation is 1. The van der Waals surface area contributed by atoms with Gasteiger partial charge in [-0.15, -0.1) is 0 Å². The molecule has 0 saturated carbocycles. The largest absolute Gasteiger partial charge is 0.484 e. The predicted molar refractivity (Wildman–Crippen MR) is 94.9 cm³/mol. The summed E-state index contributed by atoms with van der Waals surface area (Å²) < 4.78 is 11.7. The molecule has 2 aromatic carbocycles. The van der Waals surface area contributed by atoms with Gasteiger partial charge in [0.05, 0.1) is 12.2 Å². The monoisotopic (exact) mass is 325 g/mol. The quantitative estimate of drug-likeness (QED) is 0.859. The van der Waals surface area contributed by atoms with Gasteiger partial charge in [0.1, 0.15) is 17.1 Å². The number of hydrogen-bond acceptors (Lipinski definition) is 3. The summed E-state index contributed by atoms with van der Waals surface area (Å²) in [6.07, 6.45) is 0. The Morgan fingerprint density at radius 2 is 1.92 bits per heavy atom. The lowest BCUT2D eigenvalue weighted by Crippen LogP contribution is -2.50. The number of carbonyl (C=O) groups is 1. The van der Waals surface area contributed by atoms with Gasteiger partial charge in [0.15, 0.2) is 6.61 Å². The van der Waals surface area contributed by atoms with Crippen molar-refractivity contribution in [1.82, 2.24) is 0 Å². The van der Waals surface area contributed by atoms with Crippen LogP contribution in [0.25, 0.3) is 0 Å². The molecule has 3 rings (SSSR count). The van der Waals surface area contributed by atoms with Crippen LogP contribution in [0.2, 0.25) is 0 Å². The first-order valence-electron chi connectivity index (χ1n) is 8.15. The highest BCUT2D eigenvalue weighted by atomic mass is 16.5. The van der Waals surface area contributed by atoms with Crippen molar-refractivity contribution in [2.45, 2.75) is 33.3 Å². The molecule has 0 bridgehead atoms. The van der Waals surface area contributed by atoms with Crippen LogP contribution in [0.5, 0.6) is 11.5 Å². The average Bonchev–Trinajstić information content (AvgIpc) is 2.54. The maximum atomic E-state index is 12.8. The molecule has 0 aromatic heterocycles. The Kier molecular flexibility index (Phi) is 4.22. The second-order valence-corrected chi connectivity index (χ2v) is 6.80. The van der Waals surface area contributed by atoms with Crippen molar-refractivity contribution in [1.29, 1.82) is 0 Å². The zero-order valence-corrected chi connectivity index (χ0v) is 14.6. The number of hydrogen-bond donors (Lipinski definition) is 0. The van der Waals surface area contributed by atoms with E-state index in [1.807, 2.05) is 70.2 Å². The molecule has 1 aliphatic heterocycles. The number of carbonyl (C=O) groups excluding carboxylic acids is 1. The Balaban J connectivity index is 1.79. The zero-order valence-electron chi connectivity index (χ0n) is 14.6. The second-order valence-electron chi connectivity index (χ2n) is 6.80. The molecular formula is C20H23NO3. The van der Waals surface area contributed by atoms with Crippen molar-refractivity contribution in [2.24, 2.45) is 0 Å². The van der Waals surface area contributed by atoms with Crippen LogP contribution in [0.1, 0.15) is 25.0 Å². The second kappa shape index (κ2) is 6.19. The lowest BCUT2D eigenvalue weighted by molar-refractivity contribution is -0.121. The third-order valence-corrected chi connectivity index (χ3v) is 4.29. The van der Waals surface area contributed by atoms with Crippen molar-refractivity contribution in [3.8, 4) is 11.5 Å². The van der Waals surface area contributed by atoms with Gasteiger partial charge in [-0.2, -0.15) is 0 Å². The Morgan fingerprint density at radius 3 is 2.71 bits per heavy atom. The maximum Gasteiger partial charge on any atom is 0.265 e. The van der Waals surface area contributed by atoms with Crippen LogP contribution >= 0.6 is 0 Å². The van der Waals surface area contributed by atoms with Gasteiger partial charge >= 0.3 is 0 Å². The average molecular weight is 325 g/mol. The van der Waals surface area contributed by atoms with Crippen LogP contribution in [0.3, 0.4) is 0 Å². The number of fused-ring (bicyclic) bond motifs is 1. The number of anilines is 1. The number of para-hydroxylation sites is 2. The van der Waals surface area contributed by atoms with Gasteiger partial charge in [-0.1, -0.05) is 24.3 Å². The summed E-state index contributed by atoms with van der Waals surface area (Å²) in [4.78, 5) is 14.5. The van der Waals surface area contributed by atoms with E-state index in [1.165, 1.54) is 0 Å². The molecule has 2 aromatic rings. The first-order chi connectivity index (χ1) is 11.4. The molecule has 0 N–H and O–H groups in total. The molecule has 1 amide bonds. The lowest BCUT2D eigenvalue weighted by atomic mass is 10.1. The number of benzene rings is 2. The van der Waals surface area contributed by atoms with Gasteiger partial charge in [0, 0.05) is 0 Å². The SMILES string of the molecule is Cc1cccc(OCC(=O)N2CC(C)(C)Oc3ccccc32)c1C. The minimum atomic E-state index is -0.427. The van der Waals surface area contributed by atoms with E-state index >= 15 is 0 Å². The van der Waals surface area contributed by atoms with Crippen LogP contribution in [-0.2, 0) is 4.79 Å². The first kappa shape index (κ1) is 16.4. The standard InChI is InChI=1S/C20H23NO3/c1-14-8-7-11-17(15(14)2)23-12-19(22)21-13-20(3,4)24-18-10-6-5-9-16(18)21/h5-11H,12-13H2,1-4H3. The van der Waals surface area contributed by atoms with Crippen LogP contribution in [-0.4, -0.2) is 24.7 Å². The molecule has 1 heterocycles. The molecule has 0 fully saturated rings. The van der Waals surface area contributed by atoms with E-state index in [-0.39, 0.29) is 12.5 Å². The van der Waals surface area contributed by atoms with Gasteiger partial charge in [-0.25, -0.2) is 0 Å². The Bertz CT molecular complexity index is 767. The molecule has 24 heavy (non-hydrogen) atoms. The van der Waals surface area contributed by atoms with Gasteiger partial charge in [0.25, 0.3) is 5.91 Å². The maximum absolute atomic E-state index is 12.8. The van der Waals surface area contributed by atoms with Gasteiger partial charge < -0.3 is 14.4 Å². The zero-order chi connectivity index (χ0) is 17.3. The fraction of sp³-hybridized carbons (Fsp3) is 0.350. The summed E-state index contributed by atoms with van der Waals surface area (Å²) in [5.74, 6) is 1.41. The van der Waals surface area contributed by atoms with E-state index in [2.05, 4.69) is 0 Å². The first-order valence-corrected chi connectivity index (χ1v) is 8.15. The summed E-state index contributed by atoms with van der Waals surface area (Å²) in [6, 6.07) is 13.5. The van der Waals surface area contributed by atoms with E-state index in [1.54, 1.807) is 4.90 Å². The molecule has 4 heteroatoms. The smallest absolute Gasteiger partial charge is 0.265 e. The van der Waals surface area contributed by atoms with E-state index in [4.69, 9.17) is 9.47 Å². The summed E-state index contributed by atoms with van der Waals surface area (Å²) >= 11 is 0. The van der Waals surface area contributed by atoms with Gasteiger partial charge in [-0.05, 0) is 57.0 Å². The normalized spacial score (nSPS) is 15.4. The summed E-state index contributed by atoms with van der Waals surface area (Å²) in [5, 5.41) is 0. The van der Waals surface area contributed by atoms with Crippen molar-refractivity contribution in [3.05, 3.63) is 53.6 Å². The van der Waals surface area contributed by atoms with E-state index < -0.39 is 5.60 Å². The molecule has 1 aliphatic rings. The van der Waals surface area contributed by atoms with E-state index in [0.29, 0.717) is 6.54 Å². The van der Waals surface area contributed by atoms with Crippen molar-refractivity contribution in [3.63, 3.8) is 0 Å². The third kappa shape index (κ3) is 3.23. The van der Waals surface area contributed by atoms with Crippen molar-refractivity contribution < 1.29 is 14.3 Å². The fourth-order valence-electron chi connectivity index (χ4n) is 2.88. The highest BCUT2D eigenvalue weighted by molar-refractivity contribution is 5.96. The van der Waals surface area contributed by atoms with Crippen molar-refractivity contribution in [2.75, 3.05) is 18.1 Å². The van der Waals surface area contributed by atoms with Crippen LogP contribution in [0.15, 0.2) is 42.5 Å². The van der Waals surface area contributed by atoms with Crippen LogP contribution < -0.4 is 14.4 Å². The minimum absolute atomic E-state index is 0.00864. The molecule has 126 valence electrons. The summed E-state index contributed by atoms with van der Waals surface area (Å²) in [6.45, 7) is 8.50. The van der Waals surface area contributed by atoms with Gasteiger partial charge in [-0.3, -0.25) is 4.79 Å².